The molecular weight excluding hydrogens is 627 g/mol. The summed E-state index contributed by atoms with van der Waals surface area (Å²) in [7, 11) is -6.66. The number of anilines is 3. The lowest BCUT2D eigenvalue weighted by molar-refractivity contribution is 0.102. The zero-order chi connectivity index (χ0) is 32.9. The van der Waals surface area contributed by atoms with Gasteiger partial charge in [0.25, 0.3) is 26.0 Å². The molecule has 2 N–H and O–H groups in total. The zero-order valence-corrected chi connectivity index (χ0v) is 26.8. The van der Waals surface area contributed by atoms with E-state index in [0.717, 1.165) is 0 Å². The van der Waals surface area contributed by atoms with Gasteiger partial charge in [-0.3, -0.25) is 9.10 Å². The molecule has 5 aromatic rings. The van der Waals surface area contributed by atoms with Gasteiger partial charge >= 0.3 is 0 Å². The molecular formula is C33H31N5O6S2. The molecule has 0 bridgehead atoms. The summed E-state index contributed by atoms with van der Waals surface area (Å²) < 4.78 is 62.7. The standard InChI is InChI=1S/C33H31N5O6S2/c1-23-21-24(2)35-33(34-23)37-45(40,41)28-17-13-26(14-18-28)36-32(39)30-11-7-8-12-31(30)38(22-25-9-5-4-6-10-25)46(42,43)29-19-15-27(44-3)16-20-29/h4-21H,22H2,1-3H3,(H,36,39)(H,34,35,37). The summed E-state index contributed by atoms with van der Waals surface area (Å²) in [5.41, 5.74) is 2.50. The minimum Gasteiger partial charge on any atom is -0.497 e. The molecule has 0 saturated heterocycles. The van der Waals surface area contributed by atoms with Crippen LogP contribution >= 0.6 is 0 Å². The van der Waals surface area contributed by atoms with Crippen LogP contribution in [0.25, 0.3) is 0 Å². The van der Waals surface area contributed by atoms with Gasteiger partial charge in [0.05, 0.1) is 34.7 Å². The highest BCUT2D eigenvalue weighted by molar-refractivity contribution is 7.93. The molecule has 0 atom stereocenters. The van der Waals surface area contributed by atoms with Crippen LogP contribution in [0.1, 0.15) is 27.3 Å². The highest BCUT2D eigenvalue weighted by atomic mass is 32.2. The van der Waals surface area contributed by atoms with Crippen LogP contribution in [0.4, 0.5) is 17.3 Å². The van der Waals surface area contributed by atoms with Gasteiger partial charge in [0.2, 0.25) is 5.95 Å². The van der Waals surface area contributed by atoms with Gasteiger partial charge in [-0.15, -0.1) is 0 Å². The van der Waals surface area contributed by atoms with E-state index in [-0.39, 0.29) is 33.5 Å². The number of carbonyl (C=O) groups excluding carboxylic acids is 1. The Bertz CT molecular complexity index is 2050. The summed E-state index contributed by atoms with van der Waals surface area (Å²) in [4.78, 5) is 21.8. The zero-order valence-electron chi connectivity index (χ0n) is 25.2. The van der Waals surface area contributed by atoms with Crippen molar-refractivity contribution in [3.63, 3.8) is 0 Å². The summed E-state index contributed by atoms with van der Waals surface area (Å²) in [5, 5.41) is 2.75. The maximum absolute atomic E-state index is 14.1. The Morgan fingerprint density at radius 3 is 1.98 bits per heavy atom. The summed E-state index contributed by atoms with van der Waals surface area (Å²) in [6.45, 7) is 3.43. The minimum atomic E-state index is -4.15. The highest BCUT2D eigenvalue weighted by Crippen LogP contribution is 2.31. The van der Waals surface area contributed by atoms with Crippen LogP contribution in [0.2, 0.25) is 0 Å². The Morgan fingerprint density at radius 1 is 0.761 bits per heavy atom. The van der Waals surface area contributed by atoms with Gasteiger partial charge in [-0.1, -0.05) is 42.5 Å². The molecule has 0 unspecified atom stereocenters. The number of hydrogen-bond acceptors (Lipinski definition) is 8. The van der Waals surface area contributed by atoms with Crippen LogP contribution < -0.4 is 19.1 Å². The number of para-hydroxylation sites is 1. The van der Waals surface area contributed by atoms with Crippen molar-refractivity contribution in [1.29, 1.82) is 0 Å². The van der Waals surface area contributed by atoms with Crippen LogP contribution in [0, 0.1) is 13.8 Å². The molecule has 1 aromatic heterocycles. The number of nitrogens with one attached hydrogen (secondary N) is 2. The fraction of sp³-hybridized carbons (Fsp3) is 0.121. The second kappa shape index (κ2) is 13.4. The Labute approximate surface area is 268 Å². The number of methoxy groups -OCH3 is 1. The van der Waals surface area contributed by atoms with E-state index in [4.69, 9.17) is 4.74 Å². The smallest absolute Gasteiger partial charge is 0.264 e. The van der Waals surface area contributed by atoms with Crippen LogP contribution in [0.15, 0.2) is 119 Å². The number of nitrogens with zero attached hydrogens (tertiary/aromatic N) is 3. The lowest BCUT2D eigenvalue weighted by Crippen LogP contribution is -2.32. The van der Waals surface area contributed by atoms with Crippen molar-refractivity contribution >= 4 is 43.3 Å². The molecule has 4 aromatic carbocycles. The van der Waals surface area contributed by atoms with E-state index in [9.17, 15) is 21.6 Å². The van der Waals surface area contributed by atoms with Crippen molar-refractivity contribution < 1.29 is 26.4 Å². The molecule has 0 aliphatic heterocycles. The van der Waals surface area contributed by atoms with Gasteiger partial charge in [-0.05, 0) is 86.1 Å². The lowest BCUT2D eigenvalue weighted by atomic mass is 10.1. The number of hydrogen-bond donors (Lipinski definition) is 2. The number of aromatic nitrogens is 2. The Hall–Kier alpha value is -5.27. The third kappa shape index (κ3) is 7.33. The van der Waals surface area contributed by atoms with E-state index in [2.05, 4.69) is 20.0 Å². The predicted molar refractivity (Wildman–Crippen MR) is 176 cm³/mol. The largest absolute Gasteiger partial charge is 0.497 e. The number of benzene rings is 4. The molecule has 11 nitrogen and oxygen atoms in total. The summed E-state index contributed by atoms with van der Waals surface area (Å²) in [6, 6.07) is 28.7. The molecule has 0 fully saturated rings. The molecule has 0 radical (unpaired) electrons. The van der Waals surface area contributed by atoms with Crippen molar-refractivity contribution in [3.05, 3.63) is 132 Å². The van der Waals surface area contributed by atoms with Crippen molar-refractivity contribution in [2.24, 2.45) is 0 Å². The van der Waals surface area contributed by atoms with Gasteiger partial charge in [-0.25, -0.2) is 31.5 Å². The van der Waals surface area contributed by atoms with Crippen molar-refractivity contribution in [3.8, 4) is 5.75 Å². The second-order valence-electron chi connectivity index (χ2n) is 10.2. The molecule has 0 aliphatic carbocycles. The van der Waals surface area contributed by atoms with E-state index in [1.807, 2.05) is 6.07 Å². The summed E-state index contributed by atoms with van der Waals surface area (Å²) >= 11 is 0. The van der Waals surface area contributed by atoms with E-state index >= 15 is 0 Å². The van der Waals surface area contributed by atoms with E-state index in [1.165, 1.54) is 53.9 Å². The molecule has 0 aliphatic rings. The van der Waals surface area contributed by atoms with Gasteiger partial charge < -0.3 is 10.1 Å². The average Bonchev–Trinajstić information content (AvgIpc) is 3.03. The molecule has 236 valence electrons. The molecule has 0 spiro atoms. The number of ether oxygens (including phenoxy) is 1. The average molecular weight is 658 g/mol. The first-order chi connectivity index (χ1) is 22.0. The SMILES string of the molecule is COc1ccc(S(=O)(=O)N(Cc2ccccc2)c2ccccc2C(=O)Nc2ccc(S(=O)(=O)Nc3nc(C)cc(C)n3)cc2)cc1. The maximum Gasteiger partial charge on any atom is 0.264 e. The first-order valence-corrected chi connectivity index (χ1v) is 16.9. The monoisotopic (exact) mass is 657 g/mol. The number of amides is 1. The molecule has 1 heterocycles. The van der Waals surface area contributed by atoms with Crippen molar-refractivity contribution in [2.45, 2.75) is 30.2 Å². The predicted octanol–water partition coefficient (Wildman–Crippen LogP) is 5.55. The first-order valence-electron chi connectivity index (χ1n) is 14.0. The number of sulfonamides is 2. The van der Waals surface area contributed by atoms with Gasteiger partial charge in [-0.2, -0.15) is 0 Å². The maximum atomic E-state index is 14.1. The number of carbonyl (C=O) groups is 1. The Morgan fingerprint density at radius 2 is 1.35 bits per heavy atom. The Kier molecular flexibility index (Phi) is 9.35. The highest BCUT2D eigenvalue weighted by Gasteiger charge is 2.29. The summed E-state index contributed by atoms with van der Waals surface area (Å²) in [6.07, 6.45) is 0. The van der Waals surface area contributed by atoms with Crippen molar-refractivity contribution in [2.75, 3.05) is 21.5 Å². The molecule has 46 heavy (non-hydrogen) atoms. The van der Waals surface area contributed by atoms with Crippen LogP contribution in [-0.2, 0) is 26.6 Å². The van der Waals surface area contributed by atoms with Crippen LogP contribution in [-0.4, -0.2) is 39.8 Å². The van der Waals surface area contributed by atoms with Crippen molar-refractivity contribution in [1.82, 2.24) is 9.97 Å². The summed E-state index contributed by atoms with van der Waals surface area (Å²) in [5.74, 6) is -0.131. The van der Waals surface area contributed by atoms with E-state index in [0.29, 0.717) is 28.4 Å². The third-order valence-corrected chi connectivity index (χ3v) is 9.98. The molecule has 5 rings (SSSR count). The fourth-order valence-electron chi connectivity index (χ4n) is 4.67. The topological polar surface area (TPSA) is 148 Å². The van der Waals surface area contributed by atoms with E-state index in [1.54, 1.807) is 74.5 Å². The van der Waals surface area contributed by atoms with Gasteiger partial charge in [0, 0.05) is 17.1 Å². The fourth-order valence-corrected chi connectivity index (χ4v) is 7.09. The Balaban J connectivity index is 1.43. The molecule has 13 heteroatoms. The third-order valence-electron chi connectivity index (χ3n) is 6.86. The quantitative estimate of drug-likeness (QED) is 0.188. The number of rotatable bonds is 11. The van der Waals surface area contributed by atoms with Gasteiger partial charge in [0.1, 0.15) is 5.75 Å². The number of aryl methyl sites for hydroxylation is 2. The normalized spacial score (nSPS) is 11.5. The molecule has 1 amide bonds. The first kappa shape index (κ1) is 32.1. The second-order valence-corrected chi connectivity index (χ2v) is 13.8. The van der Waals surface area contributed by atoms with Crippen LogP contribution in [0.3, 0.4) is 0 Å². The molecule has 0 saturated carbocycles. The van der Waals surface area contributed by atoms with Gasteiger partial charge in [0.15, 0.2) is 0 Å². The van der Waals surface area contributed by atoms with E-state index < -0.39 is 26.0 Å². The lowest BCUT2D eigenvalue weighted by Gasteiger charge is -2.26. The minimum absolute atomic E-state index is 0.0241. The van der Waals surface area contributed by atoms with Crippen LogP contribution in [0.5, 0.6) is 5.75 Å².